The highest BCUT2D eigenvalue weighted by atomic mass is 79.9. The normalized spacial score (nSPS) is 10.4. The molecule has 2 aromatic heterocycles. The van der Waals surface area contributed by atoms with Crippen molar-refractivity contribution in [1.82, 2.24) is 15.0 Å². The van der Waals surface area contributed by atoms with Gasteiger partial charge in [-0.1, -0.05) is 0 Å². The molecule has 0 aliphatic rings. The summed E-state index contributed by atoms with van der Waals surface area (Å²) < 4.78 is 1.02. The van der Waals surface area contributed by atoms with E-state index in [-0.39, 0.29) is 0 Å². The highest BCUT2D eigenvalue weighted by Crippen LogP contribution is 2.10. The van der Waals surface area contributed by atoms with E-state index in [2.05, 4.69) is 36.9 Å². The topological polar surface area (TPSA) is 41.6 Å². The van der Waals surface area contributed by atoms with Crippen LogP contribution in [0.1, 0.15) is 11.4 Å². The number of pyridine rings is 1. The molecule has 4 heteroatoms. The van der Waals surface area contributed by atoms with Crippen molar-refractivity contribution < 1.29 is 0 Å². The first-order valence-electron chi connectivity index (χ1n) is 4.42. The Morgan fingerprint density at radius 3 is 2.93 bits per heavy atom. The highest BCUT2D eigenvalue weighted by molar-refractivity contribution is 9.10. The van der Waals surface area contributed by atoms with Gasteiger partial charge in [0.05, 0.1) is 0 Å². The molecule has 0 aromatic carbocycles. The van der Waals surface area contributed by atoms with Gasteiger partial charge >= 0.3 is 0 Å². The molecule has 2 rings (SSSR count). The van der Waals surface area contributed by atoms with E-state index in [4.69, 9.17) is 0 Å². The fourth-order valence-corrected chi connectivity index (χ4v) is 1.70. The monoisotopic (exact) mass is 251 g/mol. The average Bonchev–Trinajstić information content (AvgIpc) is 2.67. The Bertz CT molecular complexity index is 398. The van der Waals surface area contributed by atoms with Gasteiger partial charge in [0, 0.05) is 35.7 Å². The van der Waals surface area contributed by atoms with Crippen LogP contribution in [-0.4, -0.2) is 15.0 Å². The zero-order chi connectivity index (χ0) is 9.80. The third-order valence-corrected chi connectivity index (χ3v) is 2.40. The number of H-pyrrole nitrogens is 1. The molecule has 14 heavy (non-hydrogen) atoms. The van der Waals surface area contributed by atoms with Gasteiger partial charge in [0.15, 0.2) is 0 Å². The van der Waals surface area contributed by atoms with Gasteiger partial charge in [-0.15, -0.1) is 0 Å². The minimum absolute atomic E-state index is 0.922. The van der Waals surface area contributed by atoms with Crippen molar-refractivity contribution in [2.75, 3.05) is 0 Å². The van der Waals surface area contributed by atoms with E-state index in [1.54, 1.807) is 12.4 Å². The molecule has 0 saturated carbocycles. The number of hydrogen-bond donors (Lipinski definition) is 1. The van der Waals surface area contributed by atoms with E-state index < -0.39 is 0 Å². The van der Waals surface area contributed by atoms with Gasteiger partial charge in [0.1, 0.15) is 5.82 Å². The number of halogens is 1. The van der Waals surface area contributed by atoms with Crippen molar-refractivity contribution >= 4 is 15.9 Å². The van der Waals surface area contributed by atoms with Crippen molar-refractivity contribution in [3.8, 4) is 0 Å². The molecule has 3 nitrogen and oxygen atoms in total. The van der Waals surface area contributed by atoms with Crippen LogP contribution in [0.15, 0.2) is 35.3 Å². The lowest BCUT2D eigenvalue weighted by Gasteiger charge is -1.99. The van der Waals surface area contributed by atoms with E-state index in [9.17, 15) is 0 Å². The smallest absolute Gasteiger partial charge is 0.106 e. The lowest BCUT2D eigenvalue weighted by Crippen LogP contribution is -1.93. The molecule has 2 heterocycles. The maximum Gasteiger partial charge on any atom is 0.106 e. The van der Waals surface area contributed by atoms with Gasteiger partial charge in [0.25, 0.3) is 0 Å². The molecular weight excluding hydrogens is 242 g/mol. The summed E-state index contributed by atoms with van der Waals surface area (Å²) in [5, 5.41) is 0. The van der Waals surface area contributed by atoms with Crippen molar-refractivity contribution in [2.45, 2.75) is 12.8 Å². The first-order chi connectivity index (χ1) is 6.84. The Balaban J connectivity index is 1.98. The van der Waals surface area contributed by atoms with Gasteiger partial charge in [-0.2, -0.15) is 0 Å². The van der Waals surface area contributed by atoms with Gasteiger partial charge in [-0.05, 0) is 34.0 Å². The largest absolute Gasteiger partial charge is 0.349 e. The minimum Gasteiger partial charge on any atom is -0.349 e. The molecule has 0 bridgehead atoms. The standard InChI is InChI=1S/C10H10BrN3/c11-9-5-8(6-12-7-9)1-2-10-13-3-4-14-10/h3-7H,1-2H2,(H,13,14). The summed E-state index contributed by atoms with van der Waals surface area (Å²) in [4.78, 5) is 11.4. The average molecular weight is 252 g/mol. The van der Waals surface area contributed by atoms with Crippen LogP contribution in [0.2, 0.25) is 0 Å². The van der Waals surface area contributed by atoms with Gasteiger partial charge in [-0.3, -0.25) is 4.98 Å². The van der Waals surface area contributed by atoms with Crippen LogP contribution in [0.3, 0.4) is 0 Å². The Morgan fingerprint density at radius 1 is 1.29 bits per heavy atom. The Labute approximate surface area is 90.7 Å². The zero-order valence-electron chi connectivity index (χ0n) is 7.57. The molecule has 2 aromatic rings. The summed E-state index contributed by atoms with van der Waals surface area (Å²) in [7, 11) is 0. The second-order valence-corrected chi connectivity index (χ2v) is 3.96. The maximum absolute atomic E-state index is 4.17. The number of aryl methyl sites for hydroxylation is 2. The van der Waals surface area contributed by atoms with Crippen molar-refractivity contribution in [2.24, 2.45) is 0 Å². The molecule has 0 aliphatic carbocycles. The quantitative estimate of drug-likeness (QED) is 0.910. The van der Waals surface area contributed by atoms with E-state index in [0.29, 0.717) is 0 Å². The van der Waals surface area contributed by atoms with Gasteiger partial charge in [-0.25, -0.2) is 4.98 Å². The molecular formula is C10H10BrN3. The molecule has 0 spiro atoms. The van der Waals surface area contributed by atoms with Crippen LogP contribution >= 0.6 is 15.9 Å². The Kier molecular flexibility index (Phi) is 2.93. The van der Waals surface area contributed by atoms with Gasteiger partial charge < -0.3 is 4.98 Å². The van der Waals surface area contributed by atoms with Crippen LogP contribution in [0.4, 0.5) is 0 Å². The van der Waals surface area contributed by atoms with Crippen LogP contribution in [-0.2, 0) is 12.8 Å². The third-order valence-electron chi connectivity index (χ3n) is 1.97. The maximum atomic E-state index is 4.17. The Hall–Kier alpha value is -1.16. The third kappa shape index (κ3) is 2.42. The van der Waals surface area contributed by atoms with Crippen LogP contribution in [0.25, 0.3) is 0 Å². The first-order valence-corrected chi connectivity index (χ1v) is 5.21. The van der Waals surface area contributed by atoms with Crippen LogP contribution in [0, 0.1) is 0 Å². The summed E-state index contributed by atoms with van der Waals surface area (Å²) in [5.41, 5.74) is 1.22. The number of imidazole rings is 1. The SMILES string of the molecule is Brc1cncc(CCc2ncc[nH]2)c1. The molecule has 0 amide bonds. The van der Waals surface area contributed by atoms with Gasteiger partial charge in [0.2, 0.25) is 0 Å². The lowest BCUT2D eigenvalue weighted by atomic mass is 10.1. The minimum atomic E-state index is 0.922. The molecule has 0 aliphatic heterocycles. The first kappa shape index (κ1) is 9.40. The predicted molar refractivity (Wildman–Crippen MR) is 57.9 cm³/mol. The van der Waals surface area contributed by atoms with E-state index in [0.717, 1.165) is 23.1 Å². The molecule has 0 radical (unpaired) electrons. The number of aromatic nitrogens is 3. The van der Waals surface area contributed by atoms with Crippen molar-refractivity contribution in [3.05, 3.63) is 46.7 Å². The number of rotatable bonds is 3. The summed E-state index contributed by atoms with van der Waals surface area (Å²) >= 11 is 3.39. The molecule has 0 saturated heterocycles. The summed E-state index contributed by atoms with van der Waals surface area (Å²) in [6.07, 6.45) is 9.16. The van der Waals surface area contributed by atoms with E-state index >= 15 is 0 Å². The second kappa shape index (κ2) is 4.37. The van der Waals surface area contributed by atoms with Crippen LogP contribution in [0.5, 0.6) is 0 Å². The summed E-state index contributed by atoms with van der Waals surface area (Å²) in [5.74, 6) is 1.02. The highest BCUT2D eigenvalue weighted by Gasteiger charge is 1.98. The van der Waals surface area contributed by atoms with E-state index in [1.165, 1.54) is 5.56 Å². The summed E-state index contributed by atoms with van der Waals surface area (Å²) in [6, 6.07) is 2.08. The zero-order valence-corrected chi connectivity index (χ0v) is 9.16. The second-order valence-electron chi connectivity index (χ2n) is 3.05. The molecule has 1 N–H and O–H groups in total. The molecule has 72 valence electrons. The number of nitrogens with one attached hydrogen (secondary N) is 1. The fourth-order valence-electron chi connectivity index (χ4n) is 1.29. The van der Waals surface area contributed by atoms with Crippen LogP contribution < -0.4 is 0 Å². The lowest BCUT2D eigenvalue weighted by molar-refractivity contribution is 0.878. The van der Waals surface area contributed by atoms with Crippen molar-refractivity contribution in [1.29, 1.82) is 0 Å². The van der Waals surface area contributed by atoms with E-state index in [1.807, 2.05) is 12.4 Å². The van der Waals surface area contributed by atoms with Crippen molar-refractivity contribution in [3.63, 3.8) is 0 Å². The molecule has 0 fully saturated rings. The number of nitrogens with zero attached hydrogens (tertiary/aromatic N) is 2. The predicted octanol–water partition coefficient (Wildman–Crippen LogP) is 2.35. The number of hydrogen-bond acceptors (Lipinski definition) is 2. The molecule has 0 unspecified atom stereocenters. The number of aromatic amines is 1. The Morgan fingerprint density at radius 2 is 2.21 bits per heavy atom. The fraction of sp³-hybridized carbons (Fsp3) is 0.200. The molecule has 0 atom stereocenters. The summed E-state index contributed by atoms with van der Waals surface area (Å²) in [6.45, 7) is 0.